The maximum Gasteiger partial charge on any atom is 0.137 e. The first-order valence-corrected chi connectivity index (χ1v) is 7.44. The summed E-state index contributed by atoms with van der Waals surface area (Å²) in [6, 6.07) is 0.579. The van der Waals surface area contributed by atoms with Crippen molar-refractivity contribution < 1.29 is 0 Å². The summed E-state index contributed by atoms with van der Waals surface area (Å²) in [5.74, 6) is 1.71. The Kier molecular flexibility index (Phi) is 6.63. The molecule has 0 amide bonds. The Labute approximate surface area is 110 Å². The van der Waals surface area contributed by atoms with Crippen molar-refractivity contribution in [2.24, 2.45) is 11.8 Å². The molecule has 0 aromatic carbocycles. The van der Waals surface area contributed by atoms with Crippen LogP contribution in [0.1, 0.15) is 52.0 Å². The molecule has 0 aliphatic heterocycles. The summed E-state index contributed by atoms with van der Waals surface area (Å²) in [6.07, 6.45) is 11.8. The van der Waals surface area contributed by atoms with Gasteiger partial charge in [-0.2, -0.15) is 17.7 Å². The highest BCUT2D eigenvalue weighted by Gasteiger charge is 2.20. The van der Waals surface area contributed by atoms with Crippen LogP contribution in [0.5, 0.6) is 0 Å². The van der Waals surface area contributed by atoms with Gasteiger partial charge in [0.05, 0.1) is 6.04 Å². The smallest absolute Gasteiger partial charge is 0.137 e. The molecule has 1 aromatic rings. The van der Waals surface area contributed by atoms with Gasteiger partial charge in [-0.25, -0.2) is 9.67 Å². The Morgan fingerprint density at radius 2 is 1.88 bits per heavy atom. The summed E-state index contributed by atoms with van der Waals surface area (Å²) < 4.78 is 2.05. The second-order valence-electron chi connectivity index (χ2n) is 5.14. The summed E-state index contributed by atoms with van der Waals surface area (Å²) in [6.45, 7) is 4.75. The van der Waals surface area contributed by atoms with Crippen molar-refractivity contribution >= 4 is 12.6 Å². The minimum absolute atomic E-state index is 0.579. The predicted molar refractivity (Wildman–Crippen MR) is 75.4 cm³/mol. The zero-order valence-corrected chi connectivity index (χ0v) is 12.1. The molecule has 0 saturated heterocycles. The summed E-state index contributed by atoms with van der Waals surface area (Å²) >= 11 is 3.53. The van der Waals surface area contributed by atoms with Gasteiger partial charge in [0.2, 0.25) is 0 Å². The molecule has 0 radical (unpaired) electrons. The highest BCUT2D eigenvalue weighted by molar-refractivity contribution is 7.79. The molecule has 1 saturated carbocycles. The summed E-state index contributed by atoms with van der Waals surface area (Å²) in [5, 5.41) is 4.27. The zero-order chi connectivity index (χ0) is 12.7. The number of hydrogen-bond acceptors (Lipinski definition) is 3. The Hall–Kier alpha value is -0.510. The largest absolute Gasteiger partial charge is 0.250 e. The number of nitrogens with zero attached hydrogens (tertiary/aromatic N) is 3. The summed E-state index contributed by atoms with van der Waals surface area (Å²) in [4.78, 5) is 4.04. The average Bonchev–Trinajstić information content (AvgIpc) is 2.81. The van der Waals surface area contributed by atoms with Crippen LogP contribution in [0.15, 0.2) is 12.7 Å². The van der Waals surface area contributed by atoms with Crippen molar-refractivity contribution in [2.45, 2.75) is 52.0 Å². The van der Waals surface area contributed by atoms with Crippen LogP contribution < -0.4 is 0 Å². The van der Waals surface area contributed by atoms with E-state index in [0.717, 1.165) is 11.8 Å². The lowest BCUT2D eigenvalue weighted by Gasteiger charge is -2.27. The molecule has 0 N–H and O–H groups in total. The van der Waals surface area contributed by atoms with E-state index in [4.69, 9.17) is 0 Å². The molecule has 3 unspecified atom stereocenters. The second kappa shape index (κ2) is 7.75. The topological polar surface area (TPSA) is 30.7 Å². The van der Waals surface area contributed by atoms with E-state index in [2.05, 4.69) is 36.6 Å². The lowest BCUT2D eigenvalue weighted by atomic mass is 9.84. The molecule has 0 spiro atoms. The third kappa shape index (κ3) is 4.70. The fourth-order valence-corrected chi connectivity index (χ4v) is 2.83. The summed E-state index contributed by atoms with van der Waals surface area (Å²) in [5.41, 5.74) is 0. The second-order valence-corrected chi connectivity index (χ2v) is 5.14. The van der Waals surface area contributed by atoms with Gasteiger partial charge in [-0.05, 0) is 37.4 Å². The minimum Gasteiger partial charge on any atom is -0.250 e. The predicted octanol–water partition coefficient (Wildman–Crippen LogP) is 3.60. The molecule has 1 fully saturated rings. The van der Waals surface area contributed by atoms with Crippen molar-refractivity contribution in [3.05, 3.63) is 12.7 Å². The maximum absolute atomic E-state index is 4.27. The molecule has 3 atom stereocenters. The molecule has 0 bridgehead atoms. The van der Waals surface area contributed by atoms with Crippen LogP contribution >= 0.6 is 12.6 Å². The van der Waals surface area contributed by atoms with E-state index in [0.29, 0.717) is 6.04 Å². The molecule has 1 aliphatic rings. The molecular weight excluding hydrogens is 230 g/mol. The Balaban J connectivity index is 0.000000686. The monoisotopic (exact) mass is 255 g/mol. The molecule has 98 valence electrons. The zero-order valence-electron chi connectivity index (χ0n) is 11.2. The number of aromatic nitrogens is 3. The first-order valence-electron chi connectivity index (χ1n) is 6.54. The van der Waals surface area contributed by atoms with Crippen molar-refractivity contribution in [2.75, 3.05) is 6.26 Å². The molecule has 2 rings (SSSR count). The Morgan fingerprint density at radius 3 is 2.53 bits per heavy atom. The molecule has 1 aromatic heterocycles. The molecule has 4 heteroatoms. The van der Waals surface area contributed by atoms with Gasteiger partial charge in [-0.15, -0.1) is 0 Å². The van der Waals surface area contributed by atoms with Crippen molar-refractivity contribution in [3.8, 4) is 0 Å². The average molecular weight is 255 g/mol. The van der Waals surface area contributed by atoms with E-state index >= 15 is 0 Å². The van der Waals surface area contributed by atoms with Crippen LogP contribution in [0, 0.1) is 11.8 Å². The highest BCUT2D eigenvalue weighted by atomic mass is 32.1. The van der Waals surface area contributed by atoms with Crippen LogP contribution in [-0.4, -0.2) is 21.0 Å². The lowest BCUT2D eigenvalue weighted by molar-refractivity contribution is 0.256. The molecule has 1 aliphatic carbocycles. The van der Waals surface area contributed by atoms with Crippen LogP contribution in [0.4, 0.5) is 0 Å². The van der Waals surface area contributed by atoms with Gasteiger partial charge in [0, 0.05) is 0 Å². The molecule has 1 heterocycles. The van der Waals surface area contributed by atoms with Crippen molar-refractivity contribution in [1.82, 2.24) is 14.8 Å². The Bertz CT molecular complexity index is 287. The fourth-order valence-electron chi connectivity index (χ4n) is 2.83. The van der Waals surface area contributed by atoms with Crippen LogP contribution in [0.3, 0.4) is 0 Å². The third-order valence-electron chi connectivity index (χ3n) is 3.52. The highest BCUT2D eigenvalue weighted by Crippen LogP contribution is 2.31. The molecule has 3 nitrogen and oxygen atoms in total. The normalized spacial score (nSPS) is 29.8. The van der Waals surface area contributed by atoms with Crippen molar-refractivity contribution in [3.63, 3.8) is 0 Å². The van der Waals surface area contributed by atoms with Gasteiger partial charge < -0.3 is 0 Å². The van der Waals surface area contributed by atoms with Gasteiger partial charge in [0.15, 0.2) is 0 Å². The van der Waals surface area contributed by atoms with E-state index < -0.39 is 0 Å². The number of hydrogen-bond donors (Lipinski definition) is 1. The SMILES string of the molecule is CC1CCCC(n2cncn2)CC(C)C1.CS. The maximum atomic E-state index is 4.27. The first-order chi connectivity index (χ1) is 8.25. The molecule has 17 heavy (non-hydrogen) atoms. The fraction of sp³-hybridized carbons (Fsp3) is 0.846. The van der Waals surface area contributed by atoms with Crippen LogP contribution in [-0.2, 0) is 0 Å². The quantitative estimate of drug-likeness (QED) is 0.777. The Morgan fingerprint density at radius 1 is 1.12 bits per heavy atom. The van der Waals surface area contributed by atoms with E-state index in [1.165, 1.54) is 32.1 Å². The lowest BCUT2D eigenvalue weighted by Crippen LogP contribution is -2.18. The van der Waals surface area contributed by atoms with Gasteiger partial charge >= 0.3 is 0 Å². The van der Waals surface area contributed by atoms with Gasteiger partial charge in [-0.1, -0.05) is 26.7 Å². The first kappa shape index (κ1) is 14.6. The van der Waals surface area contributed by atoms with E-state index in [-0.39, 0.29) is 0 Å². The number of thiol groups is 1. The van der Waals surface area contributed by atoms with E-state index in [9.17, 15) is 0 Å². The van der Waals surface area contributed by atoms with Crippen molar-refractivity contribution in [1.29, 1.82) is 0 Å². The third-order valence-corrected chi connectivity index (χ3v) is 3.52. The standard InChI is InChI=1S/C12H21N3.CH4S/c1-10-4-3-5-12(7-11(2)6-10)15-9-13-8-14-15;1-2/h8-12H,3-7H2,1-2H3;2H,1H3. The minimum atomic E-state index is 0.579. The van der Waals surface area contributed by atoms with E-state index in [1.54, 1.807) is 12.6 Å². The number of rotatable bonds is 1. The van der Waals surface area contributed by atoms with Gasteiger partial charge in [-0.3, -0.25) is 0 Å². The van der Waals surface area contributed by atoms with Crippen LogP contribution in [0.25, 0.3) is 0 Å². The van der Waals surface area contributed by atoms with Crippen LogP contribution in [0.2, 0.25) is 0 Å². The van der Waals surface area contributed by atoms with E-state index in [1.807, 2.05) is 11.0 Å². The summed E-state index contributed by atoms with van der Waals surface area (Å²) in [7, 11) is 0. The van der Waals surface area contributed by atoms with Gasteiger partial charge in [0.25, 0.3) is 0 Å². The van der Waals surface area contributed by atoms with Gasteiger partial charge in [0.1, 0.15) is 12.7 Å². The molecular formula is C13H25N3S.